The summed E-state index contributed by atoms with van der Waals surface area (Å²) < 4.78 is 0. The number of aromatic nitrogens is 1. The van der Waals surface area contributed by atoms with Crippen LogP contribution in [-0.2, 0) is 17.6 Å². The van der Waals surface area contributed by atoms with Crippen LogP contribution in [0.3, 0.4) is 0 Å². The smallest absolute Gasteiger partial charge is 0.257 e. The van der Waals surface area contributed by atoms with Gasteiger partial charge < -0.3 is 16.0 Å². The number of nitrogens with one attached hydrogen (secondary N) is 2. The molecule has 1 heterocycles. The second kappa shape index (κ2) is 5.53. The summed E-state index contributed by atoms with van der Waals surface area (Å²) in [6.07, 6.45) is 1.71. The van der Waals surface area contributed by atoms with E-state index in [-0.39, 0.29) is 11.7 Å². The van der Waals surface area contributed by atoms with E-state index in [1.54, 1.807) is 30.3 Å². The third-order valence-corrected chi connectivity index (χ3v) is 4.45. The quantitative estimate of drug-likeness (QED) is 0.634. The number of benzene rings is 2. The lowest BCUT2D eigenvalue weighted by atomic mass is 9.94. The molecule has 4 N–H and O–H groups in total. The first-order chi connectivity index (χ1) is 11.6. The van der Waals surface area contributed by atoms with Crippen LogP contribution in [-0.4, -0.2) is 16.7 Å². The molecule has 0 spiro atoms. The zero-order chi connectivity index (χ0) is 16.7. The lowest BCUT2D eigenvalue weighted by Crippen LogP contribution is -2.12. The van der Waals surface area contributed by atoms with Gasteiger partial charge >= 0.3 is 0 Å². The van der Waals surface area contributed by atoms with Crippen molar-refractivity contribution in [1.29, 1.82) is 0 Å². The summed E-state index contributed by atoms with van der Waals surface area (Å²) in [5, 5.41) is 3.83. The number of aromatic amines is 1. The molecule has 120 valence electrons. The maximum atomic E-state index is 12.7. The van der Waals surface area contributed by atoms with Gasteiger partial charge in [0.2, 0.25) is 0 Å². The van der Waals surface area contributed by atoms with Crippen molar-refractivity contribution in [2.75, 3.05) is 11.1 Å². The van der Waals surface area contributed by atoms with Crippen molar-refractivity contribution in [3.05, 3.63) is 59.3 Å². The number of hydrogen-bond acceptors (Lipinski definition) is 3. The molecule has 0 unspecified atom stereocenters. The lowest BCUT2D eigenvalue weighted by Gasteiger charge is -2.09. The van der Waals surface area contributed by atoms with E-state index < -0.39 is 0 Å². The van der Waals surface area contributed by atoms with Crippen molar-refractivity contribution in [2.24, 2.45) is 0 Å². The molecular weight excluding hydrogens is 302 g/mol. The Kier molecular flexibility index (Phi) is 3.34. The van der Waals surface area contributed by atoms with Crippen LogP contribution in [0.15, 0.2) is 42.5 Å². The molecule has 0 saturated heterocycles. The predicted octanol–water partition coefficient (Wildman–Crippen LogP) is 3.06. The molecule has 2 aromatic carbocycles. The highest BCUT2D eigenvalue weighted by molar-refractivity contribution is 6.13. The topological polar surface area (TPSA) is 88.0 Å². The molecule has 3 aromatic rings. The molecule has 1 aliphatic carbocycles. The second-order valence-electron chi connectivity index (χ2n) is 6.11. The highest BCUT2D eigenvalue weighted by Crippen LogP contribution is 2.30. The minimum absolute atomic E-state index is 0.198. The number of nitrogen functional groups attached to an aromatic ring is 1. The first-order valence-electron chi connectivity index (χ1n) is 7.93. The Morgan fingerprint density at radius 2 is 1.96 bits per heavy atom. The normalized spacial score (nSPS) is 13.8. The van der Waals surface area contributed by atoms with Gasteiger partial charge in [-0.05, 0) is 36.2 Å². The third kappa shape index (κ3) is 2.44. The lowest BCUT2D eigenvalue weighted by molar-refractivity contribution is -0.118. The van der Waals surface area contributed by atoms with Crippen LogP contribution in [0.2, 0.25) is 0 Å². The number of H-pyrrole nitrogens is 1. The summed E-state index contributed by atoms with van der Waals surface area (Å²) in [6.45, 7) is 0. The van der Waals surface area contributed by atoms with Gasteiger partial charge in [0, 0.05) is 35.3 Å². The number of amides is 1. The fraction of sp³-hybridized carbons (Fsp3) is 0.158. The molecule has 5 nitrogen and oxygen atoms in total. The van der Waals surface area contributed by atoms with E-state index in [0.717, 1.165) is 22.2 Å². The van der Waals surface area contributed by atoms with E-state index in [1.807, 2.05) is 12.1 Å². The molecule has 5 heteroatoms. The van der Waals surface area contributed by atoms with Crippen LogP contribution in [0.25, 0.3) is 10.9 Å². The van der Waals surface area contributed by atoms with Crippen molar-refractivity contribution < 1.29 is 9.59 Å². The second-order valence-corrected chi connectivity index (χ2v) is 6.11. The molecule has 1 aromatic heterocycles. The van der Waals surface area contributed by atoms with Gasteiger partial charge in [0.15, 0.2) is 0 Å². The van der Waals surface area contributed by atoms with Gasteiger partial charge in [-0.2, -0.15) is 0 Å². The number of para-hydroxylation sites is 1. The number of anilines is 2. The fourth-order valence-electron chi connectivity index (χ4n) is 3.30. The standard InChI is InChI=1S/C19H17N3O2/c20-11-3-1-4-12(9-11)21-19(24)15-6-2-5-14-16-10-13(23)7-8-17(16)22-18(14)15/h1-6,9,22H,7-8,10,20H2,(H,21,24). The van der Waals surface area contributed by atoms with Gasteiger partial charge in [-0.25, -0.2) is 0 Å². The summed E-state index contributed by atoms with van der Waals surface area (Å²) >= 11 is 0. The predicted molar refractivity (Wildman–Crippen MR) is 94.1 cm³/mol. The molecule has 0 fully saturated rings. The van der Waals surface area contributed by atoms with E-state index in [2.05, 4.69) is 10.3 Å². The molecule has 4 rings (SSSR count). The maximum absolute atomic E-state index is 12.7. The van der Waals surface area contributed by atoms with Crippen LogP contribution in [0.5, 0.6) is 0 Å². The highest BCUT2D eigenvalue weighted by Gasteiger charge is 2.22. The summed E-state index contributed by atoms with van der Waals surface area (Å²) in [4.78, 5) is 27.8. The van der Waals surface area contributed by atoms with Gasteiger partial charge in [-0.3, -0.25) is 9.59 Å². The van der Waals surface area contributed by atoms with Crippen LogP contribution in [0.1, 0.15) is 28.0 Å². The Balaban J connectivity index is 1.74. The van der Waals surface area contributed by atoms with Gasteiger partial charge in [0.25, 0.3) is 5.91 Å². The molecular formula is C19H17N3O2. The number of nitrogens with two attached hydrogens (primary N) is 1. The summed E-state index contributed by atoms with van der Waals surface area (Å²) in [6, 6.07) is 12.7. The number of carbonyl (C=O) groups is 2. The largest absolute Gasteiger partial charge is 0.399 e. The Labute approximate surface area is 138 Å². The van der Waals surface area contributed by atoms with Crippen molar-refractivity contribution >= 4 is 34.0 Å². The molecule has 0 aliphatic heterocycles. The van der Waals surface area contributed by atoms with E-state index in [4.69, 9.17) is 5.73 Å². The summed E-state index contributed by atoms with van der Waals surface area (Å²) in [5.41, 5.74) is 10.5. The van der Waals surface area contributed by atoms with Crippen molar-refractivity contribution in [3.8, 4) is 0 Å². The zero-order valence-electron chi connectivity index (χ0n) is 13.1. The van der Waals surface area contributed by atoms with E-state index in [9.17, 15) is 9.59 Å². The highest BCUT2D eigenvalue weighted by atomic mass is 16.1. The Hall–Kier alpha value is -3.08. The monoisotopic (exact) mass is 319 g/mol. The van der Waals surface area contributed by atoms with Gasteiger partial charge in [-0.1, -0.05) is 18.2 Å². The first-order valence-corrected chi connectivity index (χ1v) is 7.93. The first kappa shape index (κ1) is 14.5. The molecule has 0 atom stereocenters. The van der Waals surface area contributed by atoms with Crippen molar-refractivity contribution in [2.45, 2.75) is 19.3 Å². The fourth-order valence-corrected chi connectivity index (χ4v) is 3.30. The molecule has 24 heavy (non-hydrogen) atoms. The van der Waals surface area contributed by atoms with E-state index in [0.29, 0.717) is 36.2 Å². The SMILES string of the molecule is Nc1cccc(NC(=O)c2cccc3c4c([nH]c23)CCC(=O)C4)c1. The number of carbonyl (C=O) groups excluding carboxylic acids is 2. The average molecular weight is 319 g/mol. The number of hydrogen-bond donors (Lipinski definition) is 3. The number of aryl methyl sites for hydroxylation is 1. The molecule has 0 saturated carbocycles. The van der Waals surface area contributed by atoms with Crippen molar-refractivity contribution in [1.82, 2.24) is 4.98 Å². The molecule has 1 amide bonds. The molecule has 1 aliphatic rings. The van der Waals surface area contributed by atoms with Crippen LogP contribution < -0.4 is 11.1 Å². The summed E-state index contributed by atoms with van der Waals surface area (Å²) in [5.74, 6) is 0.0501. The summed E-state index contributed by atoms with van der Waals surface area (Å²) in [7, 11) is 0. The van der Waals surface area contributed by atoms with Gasteiger partial charge in [0.05, 0.1) is 11.1 Å². The minimum atomic E-state index is -0.198. The van der Waals surface area contributed by atoms with E-state index >= 15 is 0 Å². The third-order valence-electron chi connectivity index (χ3n) is 4.45. The van der Waals surface area contributed by atoms with Crippen LogP contribution in [0.4, 0.5) is 11.4 Å². The van der Waals surface area contributed by atoms with Gasteiger partial charge in [-0.15, -0.1) is 0 Å². The van der Waals surface area contributed by atoms with Gasteiger partial charge in [0.1, 0.15) is 5.78 Å². The average Bonchev–Trinajstić information content (AvgIpc) is 2.92. The maximum Gasteiger partial charge on any atom is 0.257 e. The number of Topliss-reactive ketones (excluding diaryl/α,β-unsaturated/α-hetero) is 1. The van der Waals surface area contributed by atoms with Crippen molar-refractivity contribution in [3.63, 3.8) is 0 Å². The molecule has 0 bridgehead atoms. The Morgan fingerprint density at radius 1 is 1.12 bits per heavy atom. The zero-order valence-corrected chi connectivity index (χ0v) is 13.1. The Bertz CT molecular complexity index is 972. The number of rotatable bonds is 2. The minimum Gasteiger partial charge on any atom is -0.399 e. The van der Waals surface area contributed by atoms with Crippen LogP contribution in [0, 0.1) is 0 Å². The van der Waals surface area contributed by atoms with E-state index in [1.165, 1.54) is 0 Å². The molecule has 0 radical (unpaired) electrons. The Morgan fingerprint density at radius 3 is 2.79 bits per heavy atom. The van der Waals surface area contributed by atoms with Crippen LogP contribution >= 0.6 is 0 Å². The number of ketones is 1. The number of fused-ring (bicyclic) bond motifs is 3.